The molecule has 5 nitrogen and oxygen atoms in total. The number of hydrogen-bond donors (Lipinski definition) is 1. The standard InChI is InChI=1S/C21H27FN4O/c1-25-13-11-23-20(21(25)27)26-12-3-4-17(14-26)24-19-6-2-5-18(19)15-7-9-16(22)10-8-15/h7-11,13,17-19,24H,2-6,12,14H2,1H3/t17-,18-,19+/m0/s1. The average Bonchev–Trinajstić information content (AvgIpc) is 3.13. The van der Waals surface area contributed by atoms with Crippen molar-refractivity contribution in [3.63, 3.8) is 0 Å². The second-order valence-corrected chi connectivity index (χ2v) is 7.81. The van der Waals surface area contributed by atoms with Crippen molar-refractivity contribution in [1.82, 2.24) is 14.9 Å². The van der Waals surface area contributed by atoms with Gasteiger partial charge in [0, 0.05) is 44.6 Å². The van der Waals surface area contributed by atoms with Crippen molar-refractivity contribution in [3.05, 3.63) is 58.4 Å². The Kier molecular flexibility index (Phi) is 5.25. The van der Waals surface area contributed by atoms with E-state index in [-0.39, 0.29) is 11.4 Å². The van der Waals surface area contributed by atoms with E-state index in [1.165, 1.54) is 12.0 Å². The normalized spacial score (nSPS) is 25.7. The van der Waals surface area contributed by atoms with Gasteiger partial charge < -0.3 is 14.8 Å². The first-order valence-electron chi connectivity index (χ1n) is 9.90. The summed E-state index contributed by atoms with van der Waals surface area (Å²) in [7, 11) is 1.76. The molecule has 2 fully saturated rings. The van der Waals surface area contributed by atoms with Crippen LogP contribution in [-0.4, -0.2) is 34.7 Å². The molecule has 0 spiro atoms. The number of aryl methyl sites for hydroxylation is 1. The molecule has 2 aromatic rings. The minimum atomic E-state index is -0.180. The van der Waals surface area contributed by atoms with Gasteiger partial charge in [0.25, 0.3) is 5.56 Å². The molecule has 4 rings (SSSR count). The molecule has 1 saturated heterocycles. The largest absolute Gasteiger partial charge is 0.350 e. The van der Waals surface area contributed by atoms with Crippen LogP contribution in [0.4, 0.5) is 10.2 Å². The molecule has 3 atom stereocenters. The number of rotatable bonds is 4. The van der Waals surface area contributed by atoms with Crippen LogP contribution in [-0.2, 0) is 7.05 Å². The molecule has 6 heteroatoms. The molecule has 1 aliphatic heterocycles. The van der Waals surface area contributed by atoms with Gasteiger partial charge in [-0.3, -0.25) is 4.79 Å². The highest BCUT2D eigenvalue weighted by atomic mass is 19.1. The highest BCUT2D eigenvalue weighted by molar-refractivity contribution is 5.36. The van der Waals surface area contributed by atoms with E-state index in [0.29, 0.717) is 23.8 Å². The summed E-state index contributed by atoms with van der Waals surface area (Å²) in [5.41, 5.74) is 1.18. The fourth-order valence-corrected chi connectivity index (χ4v) is 4.58. The molecule has 1 aromatic heterocycles. The van der Waals surface area contributed by atoms with Crippen molar-refractivity contribution in [2.75, 3.05) is 18.0 Å². The molecule has 0 amide bonds. The highest BCUT2D eigenvalue weighted by Crippen LogP contribution is 2.35. The van der Waals surface area contributed by atoms with Crippen LogP contribution in [0.15, 0.2) is 41.5 Å². The van der Waals surface area contributed by atoms with Gasteiger partial charge in [-0.05, 0) is 49.3 Å². The molecular weight excluding hydrogens is 343 g/mol. The van der Waals surface area contributed by atoms with Gasteiger partial charge in [0.1, 0.15) is 5.82 Å². The summed E-state index contributed by atoms with van der Waals surface area (Å²) in [5, 5.41) is 3.84. The average molecular weight is 370 g/mol. The molecule has 0 unspecified atom stereocenters. The van der Waals surface area contributed by atoms with Gasteiger partial charge in [0.2, 0.25) is 0 Å². The Bertz CT molecular complexity index is 835. The van der Waals surface area contributed by atoms with Crippen molar-refractivity contribution >= 4 is 5.82 Å². The van der Waals surface area contributed by atoms with Crippen molar-refractivity contribution < 1.29 is 4.39 Å². The Morgan fingerprint density at radius 1 is 1.15 bits per heavy atom. The van der Waals surface area contributed by atoms with E-state index in [0.717, 1.165) is 38.8 Å². The zero-order valence-electron chi connectivity index (χ0n) is 15.8. The maximum Gasteiger partial charge on any atom is 0.293 e. The molecule has 0 radical (unpaired) electrons. The summed E-state index contributed by atoms with van der Waals surface area (Å²) in [6, 6.07) is 7.71. The van der Waals surface area contributed by atoms with Gasteiger partial charge in [-0.15, -0.1) is 0 Å². The first-order valence-corrected chi connectivity index (χ1v) is 9.90. The van der Waals surface area contributed by atoms with Crippen molar-refractivity contribution in [2.24, 2.45) is 7.05 Å². The number of piperidine rings is 1. The monoisotopic (exact) mass is 370 g/mol. The Labute approximate surface area is 159 Å². The van der Waals surface area contributed by atoms with E-state index >= 15 is 0 Å². The van der Waals surface area contributed by atoms with Crippen molar-refractivity contribution in [3.8, 4) is 0 Å². The third-order valence-electron chi connectivity index (χ3n) is 5.98. The minimum absolute atomic E-state index is 0.0387. The van der Waals surface area contributed by atoms with Crippen molar-refractivity contribution in [2.45, 2.75) is 50.1 Å². The van der Waals surface area contributed by atoms with Gasteiger partial charge in [-0.25, -0.2) is 9.37 Å². The molecule has 144 valence electrons. The van der Waals surface area contributed by atoms with Gasteiger partial charge >= 0.3 is 0 Å². The van der Waals surface area contributed by atoms with Crippen LogP contribution in [0.3, 0.4) is 0 Å². The summed E-state index contributed by atoms with van der Waals surface area (Å²) in [6.07, 6.45) is 9.01. The smallest absolute Gasteiger partial charge is 0.293 e. The van der Waals surface area contributed by atoms with Gasteiger partial charge in [0.15, 0.2) is 5.82 Å². The van der Waals surface area contributed by atoms with E-state index in [2.05, 4.69) is 15.2 Å². The van der Waals surface area contributed by atoms with Crippen LogP contribution in [0.1, 0.15) is 43.6 Å². The molecular formula is C21H27FN4O. The third kappa shape index (κ3) is 3.90. The van der Waals surface area contributed by atoms with E-state index in [9.17, 15) is 9.18 Å². The SMILES string of the molecule is Cn1ccnc(N2CCC[C@H](N[C@@H]3CCC[C@H]3c3ccc(F)cc3)C2)c1=O. The lowest BCUT2D eigenvalue weighted by Gasteiger charge is -2.36. The Morgan fingerprint density at radius 2 is 1.96 bits per heavy atom. The lowest BCUT2D eigenvalue weighted by Crippen LogP contribution is -2.51. The lowest BCUT2D eigenvalue weighted by molar-refractivity contribution is 0.357. The second kappa shape index (κ2) is 7.80. The quantitative estimate of drug-likeness (QED) is 0.899. The van der Waals surface area contributed by atoms with E-state index < -0.39 is 0 Å². The van der Waals surface area contributed by atoms with Gasteiger partial charge in [0.05, 0.1) is 0 Å². The number of halogens is 1. The van der Waals surface area contributed by atoms with E-state index in [1.807, 2.05) is 12.1 Å². The van der Waals surface area contributed by atoms with Gasteiger partial charge in [-0.1, -0.05) is 18.6 Å². The maximum absolute atomic E-state index is 13.3. The topological polar surface area (TPSA) is 50.2 Å². The second-order valence-electron chi connectivity index (χ2n) is 7.81. The van der Waals surface area contributed by atoms with Crippen LogP contribution in [0.2, 0.25) is 0 Å². The summed E-state index contributed by atoms with van der Waals surface area (Å²) in [6.45, 7) is 1.68. The maximum atomic E-state index is 13.3. The molecule has 1 aromatic carbocycles. The Balaban J connectivity index is 1.45. The molecule has 1 N–H and O–H groups in total. The number of nitrogens with zero attached hydrogens (tertiary/aromatic N) is 3. The first kappa shape index (κ1) is 18.2. The fraction of sp³-hybridized carbons (Fsp3) is 0.524. The molecule has 2 heterocycles. The summed E-state index contributed by atoms with van der Waals surface area (Å²) >= 11 is 0. The Morgan fingerprint density at radius 3 is 2.78 bits per heavy atom. The summed E-state index contributed by atoms with van der Waals surface area (Å²) in [5.74, 6) is 0.804. The summed E-state index contributed by atoms with van der Waals surface area (Å²) < 4.78 is 14.8. The van der Waals surface area contributed by atoms with E-state index in [1.54, 1.807) is 36.1 Å². The highest BCUT2D eigenvalue weighted by Gasteiger charge is 2.32. The predicted octanol–water partition coefficient (Wildman–Crippen LogP) is 2.81. The first-order chi connectivity index (χ1) is 13.1. The zero-order chi connectivity index (χ0) is 18.8. The van der Waals surface area contributed by atoms with Crippen LogP contribution < -0.4 is 15.8 Å². The van der Waals surface area contributed by atoms with Crippen LogP contribution in [0.25, 0.3) is 0 Å². The lowest BCUT2D eigenvalue weighted by atomic mass is 9.92. The van der Waals surface area contributed by atoms with Crippen LogP contribution >= 0.6 is 0 Å². The summed E-state index contributed by atoms with van der Waals surface area (Å²) in [4.78, 5) is 18.8. The number of hydrogen-bond acceptors (Lipinski definition) is 4. The van der Waals surface area contributed by atoms with Crippen LogP contribution in [0, 0.1) is 5.82 Å². The van der Waals surface area contributed by atoms with Gasteiger partial charge in [-0.2, -0.15) is 0 Å². The third-order valence-corrected chi connectivity index (χ3v) is 5.98. The molecule has 2 aliphatic rings. The Hall–Kier alpha value is -2.21. The predicted molar refractivity (Wildman–Crippen MR) is 105 cm³/mol. The molecule has 0 bridgehead atoms. The van der Waals surface area contributed by atoms with E-state index in [4.69, 9.17) is 0 Å². The van der Waals surface area contributed by atoms with Crippen LogP contribution in [0.5, 0.6) is 0 Å². The zero-order valence-corrected chi connectivity index (χ0v) is 15.8. The number of nitrogens with one attached hydrogen (secondary N) is 1. The van der Waals surface area contributed by atoms with Crippen molar-refractivity contribution in [1.29, 1.82) is 0 Å². The number of aromatic nitrogens is 2. The number of benzene rings is 1. The number of anilines is 1. The minimum Gasteiger partial charge on any atom is -0.350 e. The molecule has 27 heavy (non-hydrogen) atoms. The fourth-order valence-electron chi connectivity index (χ4n) is 4.58. The molecule has 1 saturated carbocycles. The molecule has 1 aliphatic carbocycles.